The van der Waals surface area contributed by atoms with Crippen molar-refractivity contribution in [2.45, 2.75) is 11.4 Å². The van der Waals surface area contributed by atoms with Gasteiger partial charge in [-0.3, -0.25) is 9.88 Å². The van der Waals surface area contributed by atoms with E-state index in [1.54, 1.807) is 36.7 Å². The first-order chi connectivity index (χ1) is 13.9. The van der Waals surface area contributed by atoms with Crippen molar-refractivity contribution < 1.29 is 13.5 Å². The summed E-state index contributed by atoms with van der Waals surface area (Å²) in [6.45, 7) is 4.54. The number of likely N-dealkylation sites (tertiary alicyclic amines) is 2. The molecule has 2 unspecified atom stereocenters. The fourth-order valence-corrected chi connectivity index (χ4v) is 6.17. The molecule has 2 aliphatic rings. The van der Waals surface area contributed by atoms with Gasteiger partial charge in [0.15, 0.2) is 9.84 Å². The Bertz CT molecular complexity index is 957. The van der Waals surface area contributed by atoms with Gasteiger partial charge in [-0.05, 0) is 29.7 Å². The second-order valence-electron chi connectivity index (χ2n) is 8.22. The molecule has 0 amide bonds. The number of sulfone groups is 1. The molecule has 1 aromatic carbocycles. The normalized spacial score (nSPS) is 25.4. The van der Waals surface area contributed by atoms with Crippen LogP contribution in [0.5, 0.6) is 0 Å². The van der Waals surface area contributed by atoms with Crippen LogP contribution < -0.4 is 0 Å². The Morgan fingerprint density at radius 1 is 1.14 bits per heavy atom. The molecule has 0 saturated carbocycles. The lowest BCUT2D eigenvalue weighted by molar-refractivity contribution is 0.112. The van der Waals surface area contributed by atoms with Gasteiger partial charge in [-0.2, -0.15) is 0 Å². The minimum Gasteiger partial charge on any atom is -0.396 e. The van der Waals surface area contributed by atoms with Gasteiger partial charge >= 0.3 is 0 Å². The maximum Gasteiger partial charge on any atom is 0.179 e. The Labute approximate surface area is 177 Å². The number of hydrogen-bond donors (Lipinski definition) is 1. The molecular weight excluding hydrogens is 410 g/mol. The monoisotopic (exact) mass is 435 g/mol. The fraction of sp³-hybridized carbons (Fsp3) is 0.476. The quantitative estimate of drug-likeness (QED) is 0.716. The van der Waals surface area contributed by atoms with Crippen LogP contribution in [0, 0.1) is 11.3 Å². The van der Waals surface area contributed by atoms with Gasteiger partial charge in [-0.1, -0.05) is 29.8 Å². The van der Waals surface area contributed by atoms with Crippen molar-refractivity contribution in [2.24, 2.45) is 11.3 Å². The van der Waals surface area contributed by atoms with Crippen molar-refractivity contribution in [3.05, 3.63) is 59.4 Å². The molecule has 0 spiro atoms. The number of aliphatic hydroxyl groups is 1. The smallest absolute Gasteiger partial charge is 0.179 e. The molecular formula is C21H26ClN3O3S. The highest BCUT2D eigenvalue weighted by atomic mass is 35.5. The van der Waals surface area contributed by atoms with Crippen LogP contribution >= 0.6 is 11.6 Å². The van der Waals surface area contributed by atoms with Gasteiger partial charge in [0, 0.05) is 57.1 Å². The van der Waals surface area contributed by atoms with E-state index >= 15 is 0 Å². The van der Waals surface area contributed by atoms with Crippen molar-refractivity contribution in [1.82, 2.24) is 14.8 Å². The summed E-state index contributed by atoms with van der Waals surface area (Å²) in [5, 5.41) is 10.8. The Morgan fingerprint density at radius 3 is 2.55 bits per heavy atom. The van der Waals surface area contributed by atoms with Gasteiger partial charge in [-0.15, -0.1) is 0 Å². The molecule has 1 N–H and O–H groups in total. The number of benzene rings is 1. The molecule has 2 atom stereocenters. The molecule has 2 aromatic rings. The predicted molar refractivity (Wildman–Crippen MR) is 112 cm³/mol. The van der Waals surface area contributed by atoms with Crippen LogP contribution in [0.3, 0.4) is 0 Å². The molecule has 0 bridgehead atoms. The zero-order valence-corrected chi connectivity index (χ0v) is 17.8. The van der Waals surface area contributed by atoms with Crippen LogP contribution in [0.15, 0.2) is 53.7 Å². The molecule has 156 valence electrons. The van der Waals surface area contributed by atoms with E-state index in [9.17, 15) is 13.5 Å². The van der Waals surface area contributed by atoms with E-state index < -0.39 is 9.84 Å². The number of aromatic nitrogens is 1. The fourth-order valence-electron chi connectivity index (χ4n) is 4.68. The van der Waals surface area contributed by atoms with Crippen molar-refractivity contribution in [3.63, 3.8) is 0 Å². The third-order valence-electron chi connectivity index (χ3n) is 6.24. The maximum absolute atomic E-state index is 12.6. The molecule has 2 aliphatic heterocycles. The predicted octanol–water partition coefficient (Wildman–Crippen LogP) is 1.93. The van der Waals surface area contributed by atoms with E-state index in [4.69, 9.17) is 11.6 Å². The third kappa shape index (κ3) is 4.34. The van der Waals surface area contributed by atoms with Crippen molar-refractivity contribution in [3.8, 4) is 0 Å². The van der Waals surface area contributed by atoms with E-state index in [1.807, 2.05) is 12.1 Å². The first-order valence-corrected chi connectivity index (χ1v) is 11.9. The molecule has 8 heteroatoms. The van der Waals surface area contributed by atoms with Gasteiger partial charge in [-0.25, -0.2) is 8.42 Å². The molecule has 6 nitrogen and oxygen atoms in total. The van der Waals surface area contributed by atoms with E-state index in [0.29, 0.717) is 22.4 Å². The Kier molecular flexibility index (Phi) is 5.95. The van der Waals surface area contributed by atoms with Gasteiger partial charge in [0.05, 0.1) is 22.3 Å². The minimum absolute atomic E-state index is 0.0988. The van der Waals surface area contributed by atoms with Crippen LogP contribution in [-0.2, 0) is 16.4 Å². The molecule has 4 rings (SSSR count). The van der Waals surface area contributed by atoms with Crippen LogP contribution in [-0.4, -0.2) is 73.4 Å². The Balaban J connectivity index is 1.37. The number of nitrogens with zero attached hydrogens (tertiary/aromatic N) is 3. The number of pyridine rings is 1. The van der Waals surface area contributed by atoms with Gasteiger partial charge in [0.25, 0.3) is 0 Å². The van der Waals surface area contributed by atoms with Crippen molar-refractivity contribution in [1.29, 1.82) is 0 Å². The van der Waals surface area contributed by atoms with Crippen molar-refractivity contribution in [2.75, 3.05) is 45.1 Å². The summed E-state index contributed by atoms with van der Waals surface area (Å²) in [5.41, 5.74) is 0.844. The average Bonchev–Trinajstić information content (AvgIpc) is 3.23. The molecule has 29 heavy (non-hydrogen) atoms. The second-order valence-corrected chi connectivity index (χ2v) is 10.7. The summed E-state index contributed by atoms with van der Waals surface area (Å²) in [4.78, 5) is 8.93. The molecule has 1 aromatic heterocycles. The summed E-state index contributed by atoms with van der Waals surface area (Å²) in [6, 6.07) is 10.5. The van der Waals surface area contributed by atoms with Crippen LogP contribution in [0.2, 0.25) is 5.02 Å². The first kappa shape index (κ1) is 20.8. The summed E-state index contributed by atoms with van der Waals surface area (Å²) < 4.78 is 25.1. The largest absolute Gasteiger partial charge is 0.396 e. The van der Waals surface area contributed by atoms with E-state index in [2.05, 4.69) is 14.8 Å². The number of halogens is 1. The van der Waals surface area contributed by atoms with Gasteiger partial charge in [0.2, 0.25) is 0 Å². The molecule has 0 radical (unpaired) electrons. The lowest BCUT2D eigenvalue weighted by Gasteiger charge is -2.27. The molecule has 2 saturated heterocycles. The molecule has 2 fully saturated rings. The zero-order valence-electron chi connectivity index (χ0n) is 16.2. The molecule has 0 aliphatic carbocycles. The highest BCUT2D eigenvalue weighted by Gasteiger charge is 2.51. The summed E-state index contributed by atoms with van der Waals surface area (Å²) >= 11 is 6.25. The lowest BCUT2D eigenvalue weighted by atomic mass is 9.82. The second kappa shape index (κ2) is 8.32. The standard InChI is InChI=1S/C21H26ClN3O3S/c22-20-10-23-7-6-17(20)11-25-13-18-12-24(14-21(18,15-25)16-26)8-9-29(27,28)19-4-2-1-3-5-19/h1-7,10,18,26H,8-9,11-16H2. The molecule has 3 heterocycles. The van der Waals surface area contributed by atoms with Crippen LogP contribution in [0.4, 0.5) is 0 Å². The highest BCUT2D eigenvalue weighted by Crippen LogP contribution is 2.42. The first-order valence-electron chi connectivity index (χ1n) is 9.84. The maximum atomic E-state index is 12.6. The zero-order chi connectivity index (χ0) is 20.5. The topological polar surface area (TPSA) is 73.7 Å². The summed E-state index contributed by atoms with van der Waals surface area (Å²) in [6.07, 6.45) is 3.40. The van der Waals surface area contributed by atoms with E-state index in [0.717, 1.165) is 38.3 Å². The van der Waals surface area contributed by atoms with Gasteiger partial charge in [0.1, 0.15) is 0 Å². The van der Waals surface area contributed by atoms with Crippen LogP contribution in [0.25, 0.3) is 0 Å². The highest BCUT2D eigenvalue weighted by molar-refractivity contribution is 7.91. The number of rotatable bonds is 7. The van der Waals surface area contributed by atoms with Gasteiger partial charge < -0.3 is 10.0 Å². The van der Waals surface area contributed by atoms with E-state index in [-0.39, 0.29) is 17.8 Å². The summed E-state index contributed by atoms with van der Waals surface area (Å²) in [5.74, 6) is 0.425. The van der Waals surface area contributed by atoms with Crippen LogP contribution in [0.1, 0.15) is 5.56 Å². The third-order valence-corrected chi connectivity index (χ3v) is 8.29. The van der Waals surface area contributed by atoms with E-state index in [1.165, 1.54) is 0 Å². The number of fused-ring (bicyclic) bond motifs is 1. The Hall–Kier alpha value is -1.51. The lowest BCUT2D eigenvalue weighted by Crippen LogP contribution is -2.38. The number of hydrogen-bond acceptors (Lipinski definition) is 6. The Morgan fingerprint density at radius 2 is 1.86 bits per heavy atom. The minimum atomic E-state index is -3.29. The van der Waals surface area contributed by atoms with Crippen molar-refractivity contribution >= 4 is 21.4 Å². The SMILES string of the molecule is O=S(=O)(CCN1CC2CN(Cc3ccncc3Cl)CC2(CO)C1)c1ccccc1. The number of aliphatic hydroxyl groups excluding tert-OH is 1. The average molecular weight is 436 g/mol. The summed E-state index contributed by atoms with van der Waals surface area (Å²) in [7, 11) is -3.29.